The predicted octanol–water partition coefficient (Wildman–Crippen LogP) is 5.36. The lowest BCUT2D eigenvalue weighted by Crippen LogP contribution is -2.09. The van der Waals surface area contributed by atoms with Crippen molar-refractivity contribution in [3.05, 3.63) is 86.2 Å². The second-order valence-electron chi connectivity index (χ2n) is 6.47. The molecule has 0 fully saturated rings. The smallest absolute Gasteiger partial charge is 0.198 e. The molecule has 1 heterocycles. The van der Waals surface area contributed by atoms with Gasteiger partial charge in [0.25, 0.3) is 0 Å². The highest BCUT2D eigenvalue weighted by atomic mass is 35.5. The molecule has 3 nitrogen and oxygen atoms in total. The molecular formula is C21H20Cl2N2O. The number of nitrogens with zero attached hydrogens (tertiary/aromatic N) is 2. The van der Waals surface area contributed by atoms with Crippen molar-refractivity contribution in [2.45, 2.75) is 26.7 Å². The standard InChI is InChI=1S/C21H20Cl2N2O/c1-13-4-6-15(7-5-13)8-11-19-20(14(2)24-25(19)3)21(26)17-10-9-16(22)12-18(17)23/h4-7,9-10,12H,8,11H2,1-3H3. The minimum atomic E-state index is -0.115. The van der Waals surface area contributed by atoms with Gasteiger partial charge in [0, 0.05) is 23.3 Å². The zero-order valence-electron chi connectivity index (χ0n) is 15.0. The van der Waals surface area contributed by atoms with Gasteiger partial charge in [-0.05, 0) is 50.5 Å². The third-order valence-corrected chi connectivity index (χ3v) is 5.06. The van der Waals surface area contributed by atoms with Gasteiger partial charge in [0.15, 0.2) is 5.78 Å². The van der Waals surface area contributed by atoms with Crippen LogP contribution in [0.3, 0.4) is 0 Å². The molecule has 0 aliphatic carbocycles. The van der Waals surface area contributed by atoms with Crippen molar-refractivity contribution in [2.75, 3.05) is 0 Å². The molecule has 134 valence electrons. The maximum absolute atomic E-state index is 13.1. The van der Waals surface area contributed by atoms with Crippen LogP contribution in [0.5, 0.6) is 0 Å². The van der Waals surface area contributed by atoms with E-state index in [0.29, 0.717) is 26.9 Å². The first-order valence-corrected chi connectivity index (χ1v) is 9.20. The molecule has 0 unspecified atom stereocenters. The van der Waals surface area contributed by atoms with Gasteiger partial charge < -0.3 is 0 Å². The lowest BCUT2D eigenvalue weighted by Gasteiger charge is -2.08. The molecule has 0 spiro atoms. The van der Waals surface area contributed by atoms with Gasteiger partial charge in [0.05, 0.1) is 16.3 Å². The second-order valence-corrected chi connectivity index (χ2v) is 7.31. The Labute approximate surface area is 163 Å². The summed E-state index contributed by atoms with van der Waals surface area (Å²) in [6.07, 6.45) is 1.57. The Morgan fingerprint density at radius 2 is 1.73 bits per heavy atom. The third-order valence-electron chi connectivity index (χ3n) is 4.51. The van der Waals surface area contributed by atoms with Gasteiger partial charge in [0.1, 0.15) is 0 Å². The molecule has 1 aromatic heterocycles. The summed E-state index contributed by atoms with van der Waals surface area (Å²) in [5.74, 6) is -0.115. The Hall–Kier alpha value is -2.10. The molecule has 5 heteroatoms. The maximum Gasteiger partial charge on any atom is 0.198 e. The number of aromatic nitrogens is 2. The Kier molecular flexibility index (Phi) is 5.49. The molecule has 26 heavy (non-hydrogen) atoms. The van der Waals surface area contributed by atoms with Crippen molar-refractivity contribution in [2.24, 2.45) is 7.05 Å². The fourth-order valence-corrected chi connectivity index (χ4v) is 3.61. The Morgan fingerprint density at radius 1 is 1.04 bits per heavy atom. The van der Waals surface area contributed by atoms with Crippen LogP contribution in [0.1, 0.15) is 38.4 Å². The van der Waals surface area contributed by atoms with Crippen LogP contribution in [-0.2, 0) is 19.9 Å². The molecule has 0 bridgehead atoms. The Bertz CT molecular complexity index is 959. The highest BCUT2D eigenvalue weighted by Gasteiger charge is 2.23. The van der Waals surface area contributed by atoms with Gasteiger partial charge in [-0.3, -0.25) is 9.48 Å². The number of hydrogen-bond acceptors (Lipinski definition) is 2. The molecule has 0 amide bonds. The summed E-state index contributed by atoms with van der Waals surface area (Å²) in [5.41, 5.74) is 5.17. The maximum atomic E-state index is 13.1. The van der Waals surface area contributed by atoms with Crippen LogP contribution in [0.15, 0.2) is 42.5 Å². The number of ketones is 1. The minimum absolute atomic E-state index is 0.115. The molecule has 0 aliphatic heterocycles. The zero-order chi connectivity index (χ0) is 18.8. The van der Waals surface area contributed by atoms with E-state index in [1.54, 1.807) is 22.9 Å². The number of rotatable bonds is 5. The molecule has 3 aromatic rings. The first-order chi connectivity index (χ1) is 12.4. The normalized spacial score (nSPS) is 11.0. The van der Waals surface area contributed by atoms with Crippen LogP contribution in [-0.4, -0.2) is 15.6 Å². The Balaban J connectivity index is 1.92. The van der Waals surface area contributed by atoms with E-state index in [1.165, 1.54) is 11.1 Å². The summed E-state index contributed by atoms with van der Waals surface area (Å²) < 4.78 is 1.79. The van der Waals surface area contributed by atoms with E-state index in [-0.39, 0.29) is 5.78 Å². The van der Waals surface area contributed by atoms with E-state index in [2.05, 4.69) is 36.3 Å². The molecule has 0 radical (unpaired) electrons. The first kappa shape index (κ1) is 18.7. The van der Waals surface area contributed by atoms with Crippen LogP contribution in [0.2, 0.25) is 10.0 Å². The van der Waals surface area contributed by atoms with Gasteiger partial charge >= 0.3 is 0 Å². The van der Waals surface area contributed by atoms with Crippen molar-refractivity contribution < 1.29 is 4.79 Å². The van der Waals surface area contributed by atoms with Gasteiger partial charge in [-0.15, -0.1) is 0 Å². The van der Waals surface area contributed by atoms with Crippen LogP contribution in [0.4, 0.5) is 0 Å². The van der Waals surface area contributed by atoms with E-state index in [0.717, 1.165) is 18.5 Å². The number of aryl methyl sites for hydroxylation is 4. The fourth-order valence-electron chi connectivity index (χ4n) is 3.11. The molecule has 0 saturated heterocycles. The molecule has 0 saturated carbocycles. The molecule has 0 N–H and O–H groups in total. The average Bonchev–Trinajstić information content (AvgIpc) is 2.87. The van der Waals surface area contributed by atoms with Crippen LogP contribution < -0.4 is 0 Å². The minimum Gasteiger partial charge on any atom is -0.288 e. The quantitative estimate of drug-likeness (QED) is 0.553. The van der Waals surface area contributed by atoms with Gasteiger partial charge in [-0.2, -0.15) is 5.10 Å². The molecule has 0 atom stereocenters. The number of halogens is 2. The van der Waals surface area contributed by atoms with Gasteiger partial charge in [-0.25, -0.2) is 0 Å². The number of carbonyl (C=O) groups excluding carboxylic acids is 1. The van der Waals surface area contributed by atoms with E-state index in [4.69, 9.17) is 23.2 Å². The Morgan fingerprint density at radius 3 is 2.38 bits per heavy atom. The van der Waals surface area contributed by atoms with Crippen molar-refractivity contribution in [3.63, 3.8) is 0 Å². The summed E-state index contributed by atoms with van der Waals surface area (Å²) in [7, 11) is 1.87. The topological polar surface area (TPSA) is 34.9 Å². The van der Waals surface area contributed by atoms with Crippen molar-refractivity contribution in [1.82, 2.24) is 9.78 Å². The average molecular weight is 387 g/mol. The highest BCUT2D eigenvalue weighted by Crippen LogP contribution is 2.26. The van der Waals surface area contributed by atoms with E-state index >= 15 is 0 Å². The first-order valence-electron chi connectivity index (χ1n) is 8.44. The summed E-state index contributed by atoms with van der Waals surface area (Å²) >= 11 is 12.2. The summed E-state index contributed by atoms with van der Waals surface area (Å²) in [6.45, 7) is 3.92. The number of carbonyl (C=O) groups is 1. The SMILES string of the molecule is Cc1ccc(CCc2c(C(=O)c3ccc(Cl)cc3Cl)c(C)nn2C)cc1. The van der Waals surface area contributed by atoms with E-state index < -0.39 is 0 Å². The number of benzene rings is 2. The lowest BCUT2D eigenvalue weighted by molar-refractivity contribution is 0.103. The molecule has 3 rings (SSSR count). The molecular weight excluding hydrogens is 367 g/mol. The second kappa shape index (κ2) is 7.65. The largest absolute Gasteiger partial charge is 0.288 e. The lowest BCUT2D eigenvalue weighted by atomic mass is 9.98. The predicted molar refractivity (Wildman–Crippen MR) is 106 cm³/mol. The molecule has 2 aromatic carbocycles. The third kappa shape index (κ3) is 3.84. The van der Waals surface area contributed by atoms with Gasteiger partial charge in [0.2, 0.25) is 0 Å². The van der Waals surface area contributed by atoms with Crippen LogP contribution in [0.25, 0.3) is 0 Å². The molecule has 0 aliphatic rings. The summed E-state index contributed by atoms with van der Waals surface area (Å²) in [6, 6.07) is 13.4. The van der Waals surface area contributed by atoms with E-state index in [1.807, 2.05) is 14.0 Å². The van der Waals surface area contributed by atoms with Crippen molar-refractivity contribution >= 4 is 29.0 Å². The van der Waals surface area contributed by atoms with Crippen molar-refractivity contribution in [1.29, 1.82) is 0 Å². The fraction of sp³-hybridized carbons (Fsp3) is 0.238. The summed E-state index contributed by atoms with van der Waals surface area (Å²) in [5, 5.41) is 5.32. The summed E-state index contributed by atoms with van der Waals surface area (Å²) in [4.78, 5) is 13.1. The van der Waals surface area contributed by atoms with Crippen LogP contribution in [0, 0.1) is 13.8 Å². The van der Waals surface area contributed by atoms with Crippen molar-refractivity contribution in [3.8, 4) is 0 Å². The highest BCUT2D eigenvalue weighted by molar-refractivity contribution is 6.37. The number of hydrogen-bond donors (Lipinski definition) is 0. The zero-order valence-corrected chi connectivity index (χ0v) is 16.5. The van der Waals surface area contributed by atoms with Crippen LogP contribution >= 0.6 is 23.2 Å². The van der Waals surface area contributed by atoms with Gasteiger partial charge in [-0.1, -0.05) is 53.0 Å². The van der Waals surface area contributed by atoms with E-state index in [9.17, 15) is 4.79 Å². The monoisotopic (exact) mass is 386 g/mol.